The Morgan fingerprint density at radius 3 is 2.92 bits per heavy atom. The first-order valence-corrected chi connectivity index (χ1v) is 8.88. The Morgan fingerprint density at radius 2 is 2.20 bits per heavy atom. The molecule has 1 heterocycles. The second kappa shape index (κ2) is 7.72. The third kappa shape index (κ3) is 3.97. The van der Waals surface area contributed by atoms with Crippen molar-refractivity contribution in [1.29, 1.82) is 0 Å². The highest BCUT2D eigenvalue weighted by Gasteiger charge is 2.50. The minimum atomic E-state index is -0.470. The van der Waals surface area contributed by atoms with Gasteiger partial charge in [-0.2, -0.15) is 0 Å². The van der Waals surface area contributed by atoms with Crippen LogP contribution in [0.15, 0.2) is 24.3 Å². The number of ether oxygens (including phenoxy) is 3. The molecule has 1 aromatic carbocycles. The lowest BCUT2D eigenvalue weighted by molar-refractivity contribution is -0.119. The Hall–Kier alpha value is -1.63. The largest absolute Gasteiger partial charge is 0.484 e. The number of carbonyl (C=O) groups is 1. The molecule has 1 aromatic rings. The van der Waals surface area contributed by atoms with Gasteiger partial charge < -0.3 is 19.9 Å². The van der Waals surface area contributed by atoms with E-state index in [1.54, 1.807) is 7.11 Å². The lowest BCUT2D eigenvalue weighted by atomic mass is 9.79. The fourth-order valence-corrected chi connectivity index (χ4v) is 4.28. The van der Waals surface area contributed by atoms with Crippen molar-refractivity contribution in [1.82, 2.24) is 4.90 Å². The van der Waals surface area contributed by atoms with E-state index >= 15 is 0 Å². The molecule has 0 radical (unpaired) electrons. The normalized spacial score (nSPS) is 29.4. The van der Waals surface area contributed by atoms with E-state index in [-0.39, 0.29) is 12.2 Å². The fraction of sp³-hybridized carbons (Fsp3) is 0.632. The van der Waals surface area contributed by atoms with E-state index in [9.17, 15) is 4.79 Å². The molecule has 6 heteroatoms. The zero-order chi connectivity index (χ0) is 17.9. The number of primary amides is 1. The minimum Gasteiger partial charge on any atom is -0.484 e. The van der Waals surface area contributed by atoms with Crippen LogP contribution >= 0.6 is 0 Å². The predicted molar refractivity (Wildman–Crippen MR) is 94.3 cm³/mol. The van der Waals surface area contributed by atoms with Gasteiger partial charge in [0.25, 0.3) is 5.91 Å². The van der Waals surface area contributed by atoms with Gasteiger partial charge in [0.15, 0.2) is 6.61 Å². The lowest BCUT2D eigenvalue weighted by Crippen LogP contribution is -2.51. The second-order valence-corrected chi connectivity index (χ2v) is 7.04. The fourth-order valence-electron chi connectivity index (χ4n) is 4.28. The molecule has 1 amide bonds. The van der Waals surface area contributed by atoms with Crippen molar-refractivity contribution >= 4 is 5.91 Å². The van der Waals surface area contributed by atoms with Gasteiger partial charge in [-0.3, -0.25) is 9.69 Å². The first kappa shape index (κ1) is 18.2. The van der Waals surface area contributed by atoms with Crippen molar-refractivity contribution in [3.8, 4) is 5.75 Å². The van der Waals surface area contributed by atoms with Crippen LogP contribution in [0.3, 0.4) is 0 Å². The molecular formula is C19H28N2O4. The molecular weight excluding hydrogens is 320 g/mol. The van der Waals surface area contributed by atoms with Gasteiger partial charge in [-0.25, -0.2) is 0 Å². The van der Waals surface area contributed by atoms with Crippen LogP contribution in [0.4, 0.5) is 0 Å². The molecule has 0 spiro atoms. The number of methoxy groups -OCH3 is 2. The average molecular weight is 348 g/mol. The standard InChI is InChI=1S/C19H28N2O4/c1-23-15-6-7-19(24-2)8-9-21(17(19)11-15)12-14-4-3-5-16(10-14)25-13-18(20)22/h3-5,10,15,17H,6-9,11-13H2,1-2H3,(H2,20,22)/t15-,17-,19+/m0/s1. The zero-order valence-electron chi connectivity index (χ0n) is 15.1. The Balaban J connectivity index is 1.70. The van der Waals surface area contributed by atoms with E-state index in [4.69, 9.17) is 19.9 Å². The molecule has 1 aliphatic carbocycles. The highest BCUT2D eigenvalue weighted by molar-refractivity contribution is 5.75. The zero-order valence-corrected chi connectivity index (χ0v) is 15.1. The lowest BCUT2D eigenvalue weighted by Gasteiger charge is -2.43. The van der Waals surface area contributed by atoms with Crippen molar-refractivity contribution in [2.24, 2.45) is 5.73 Å². The first-order valence-electron chi connectivity index (χ1n) is 8.88. The Bertz CT molecular complexity index is 609. The van der Waals surface area contributed by atoms with E-state index in [0.29, 0.717) is 17.9 Å². The Labute approximate surface area is 149 Å². The molecule has 138 valence electrons. The highest BCUT2D eigenvalue weighted by atomic mass is 16.5. The number of fused-ring (bicyclic) bond motifs is 1. The molecule has 0 bridgehead atoms. The van der Waals surface area contributed by atoms with Crippen molar-refractivity contribution in [2.75, 3.05) is 27.4 Å². The van der Waals surface area contributed by atoms with Crippen LogP contribution in [-0.2, 0) is 20.8 Å². The van der Waals surface area contributed by atoms with Crippen LogP contribution in [0, 0.1) is 0 Å². The number of rotatable bonds is 7. The maximum atomic E-state index is 10.9. The molecule has 3 atom stereocenters. The second-order valence-electron chi connectivity index (χ2n) is 7.04. The van der Waals surface area contributed by atoms with Gasteiger partial charge in [0.1, 0.15) is 5.75 Å². The van der Waals surface area contributed by atoms with Crippen LogP contribution in [0.25, 0.3) is 0 Å². The molecule has 2 N–H and O–H groups in total. The summed E-state index contributed by atoms with van der Waals surface area (Å²) in [4.78, 5) is 13.4. The number of carbonyl (C=O) groups excluding carboxylic acids is 1. The van der Waals surface area contributed by atoms with Crippen molar-refractivity contribution < 1.29 is 19.0 Å². The van der Waals surface area contributed by atoms with Crippen LogP contribution in [0.2, 0.25) is 0 Å². The first-order chi connectivity index (χ1) is 12.1. The number of amides is 1. The van der Waals surface area contributed by atoms with Crippen molar-refractivity contribution in [2.45, 2.75) is 50.0 Å². The molecule has 0 unspecified atom stereocenters. The number of nitrogens with two attached hydrogens (primary N) is 1. The third-order valence-corrected chi connectivity index (χ3v) is 5.65. The van der Waals surface area contributed by atoms with Crippen molar-refractivity contribution in [3.05, 3.63) is 29.8 Å². The minimum absolute atomic E-state index is 0.0465. The van der Waals surface area contributed by atoms with Gasteiger partial charge in [0.2, 0.25) is 0 Å². The smallest absolute Gasteiger partial charge is 0.255 e. The van der Waals surface area contributed by atoms with E-state index < -0.39 is 5.91 Å². The predicted octanol–water partition coefficient (Wildman–Crippen LogP) is 1.71. The summed E-state index contributed by atoms with van der Waals surface area (Å²) >= 11 is 0. The monoisotopic (exact) mass is 348 g/mol. The Morgan fingerprint density at radius 1 is 1.36 bits per heavy atom. The van der Waals surface area contributed by atoms with Gasteiger partial charge in [-0.15, -0.1) is 0 Å². The van der Waals surface area contributed by atoms with E-state index in [1.807, 2.05) is 25.3 Å². The number of hydrogen-bond acceptors (Lipinski definition) is 5. The summed E-state index contributed by atoms with van der Waals surface area (Å²) in [7, 11) is 3.63. The van der Waals surface area contributed by atoms with Gasteiger partial charge in [0, 0.05) is 33.4 Å². The molecule has 1 saturated heterocycles. The maximum Gasteiger partial charge on any atom is 0.255 e. The SMILES string of the molecule is CO[C@H]1CC[C@@]2(OC)CCN(Cc3cccc(OCC(N)=O)c3)[C@H]2C1. The molecule has 1 aliphatic heterocycles. The van der Waals surface area contributed by atoms with Gasteiger partial charge in [-0.1, -0.05) is 12.1 Å². The van der Waals surface area contributed by atoms with Gasteiger partial charge in [-0.05, 0) is 43.4 Å². The topological polar surface area (TPSA) is 74.0 Å². The number of likely N-dealkylation sites (tertiary alicyclic amines) is 1. The summed E-state index contributed by atoms with van der Waals surface area (Å²) in [6, 6.07) is 8.22. The van der Waals surface area contributed by atoms with E-state index in [1.165, 1.54) is 0 Å². The Kier molecular flexibility index (Phi) is 5.61. The number of benzene rings is 1. The van der Waals surface area contributed by atoms with Gasteiger partial charge >= 0.3 is 0 Å². The molecule has 6 nitrogen and oxygen atoms in total. The molecule has 3 rings (SSSR count). The summed E-state index contributed by atoms with van der Waals surface area (Å²) in [6.45, 7) is 1.75. The maximum absolute atomic E-state index is 10.9. The number of hydrogen-bond donors (Lipinski definition) is 1. The van der Waals surface area contributed by atoms with Gasteiger partial charge in [0.05, 0.1) is 11.7 Å². The summed E-state index contributed by atoms with van der Waals surface area (Å²) in [5.74, 6) is 0.203. The molecule has 0 aromatic heterocycles. The molecule has 2 fully saturated rings. The third-order valence-electron chi connectivity index (χ3n) is 5.65. The van der Waals surface area contributed by atoms with Crippen LogP contribution in [-0.4, -0.2) is 55.9 Å². The van der Waals surface area contributed by atoms with Crippen LogP contribution < -0.4 is 10.5 Å². The number of nitrogens with zero attached hydrogens (tertiary/aromatic N) is 1. The van der Waals surface area contributed by atoms with E-state index in [0.717, 1.165) is 44.3 Å². The molecule has 1 saturated carbocycles. The summed E-state index contributed by atoms with van der Waals surface area (Å²) < 4.78 is 17.0. The average Bonchev–Trinajstić information content (AvgIpc) is 2.98. The summed E-state index contributed by atoms with van der Waals surface area (Å²) in [5, 5.41) is 0. The quantitative estimate of drug-likeness (QED) is 0.812. The molecule has 25 heavy (non-hydrogen) atoms. The molecule has 2 aliphatic rings. The summed E-state index contributed by atoms with van der Waals surface area (Å²) in [5.41, 5.74) is 6.26. The highest BCUT2D eigenvalue weighted by Crippen LogP contribution is 2.43. The van der Waals surface area contributed by atoms with Crippen LogP contribution in [0.5, 0.6) is 5.75 Å². The van der Waals surface area contributed by atoms with Crippen molar-refractivity contribution in [3.63, 3.8) is 0 Å². The van der Waals surface area contributed by atoms with E-state index in [2.05, 4.69) is 11.0 Å². The summed E-state index contributed by atoms with van der Waals surface area (Å²) in [6.07, 6.45) is 4.47. The van der Waals surface area contributed by atoms with Crippen LogP contribution in [0.1, 0.15) is 31.2 Å².